The van der Waals surface area contributed by atoms with Crippen LogP contribution in [0.25, 0.3) is 11.0 Å². The molecule has 1 N–H and O–H groups in total. The highest BCUT2D eigenvalue weighted by Gasteiger charge is 2.35. The summed E-state index contributed by atoms with van der Waals surface area (Å²) < 4.78 is 39.0. The molecule has 0 aliphatic heterocycles. The first kappa shape index (κ1) is 14.3. The minimum atomic E-state index is -4.55. The van der Waals surface area contributed by atoms with E-state index >= 15 is 0 Å². The summed E-state index contributed by atoms with van der Waals surface area (Å²) in [6.07, 6.45) is -3.68. The molecule has 2 aromatic rings. The van der Waals surface area contributed by atoms with Crippen molar-refractivity contribution in [3.05, 3.63) is 27.9 Å². The summed E-state index contributed by atoms with van der Waals surface area (Å²) in [5.74, 6) is 0.285. The summed E-state index contributed by atoms with van der Waals surface area (Å²) in [5, 5.41) is -0.416. The summed E-state index contributed by atoms with van der Waals surface area (Å²) in [6.45, 7) is 5.51. The number of rotatable bonds is 0. The molecule has 0 aliphatic rings. The number of hydrogen-bond donors (Lipinski definition) is 1. The topological polar surface area (TPSA) is 50.7 Å². The molecule has 100 valence electrons. The van der Waals surface area contributed by atoms with E-state index < -0.39 is 22.7 Å². The van der Waals surface area contributed by atoms with Crippen LogP contribution in [0.5, 0.6) is 0 Å². The standard InChI is InChI=1S/C9H8F3N3O.C2H6/c1-4-13-7-6(8(16)14-4)5(3-15(7)2)9(10,11)12;1-2/h3H,1-2H3,(H,13,14,16);1-2H3. The van der Waals surface area contributed by atoms with Gasteiger partial charge in [-0.25, -0.2) is 4.98 Å². The van der Waals surface area contributed by atoms with Crippen molar-refractivity contribution in [1.29, 1.82) is 0 Å². The van der Waals surface area contributed by atoms with E-state index in [2.05, 4.69) is 9.97 Å². The lowest BCUT2D eigenvalue weighted by atomic mass is 10.2. The molecule has 0 unspecified atom stereocenters. The third-order valence-electron chi connectivity index (χ3n) is 2.25. The van der Waals surface area contributed by atoms with Gasteiger partial charge in [0.15, 0.2) is 0 Å². The second kappa shape index (κ2) is 4.83. The summed E-state index contributed by atoms with van der Waals surface area (Å²) in [5.41, 5.74) is -1.69. The minimum Gasteiger partial charge on any atom is -0.335 e. The van der Waals surface area contributed by atoms with Gasteiger partial charge in [-0.3, -0.25) is 4.79 Å². The predicted octanol–water partition coefficient (Wildman–Crippen LogP) is 2.62. The number of alkyl halides is 3. The average molecular weight is 261 g/mol. The van der Waals surface area contributed by atoms with Crippen molar-refractivity contribution in [2.45, 2.75) is 26.9 Å². The average Bonchev–Trinajstić information content (AvgIpc) is 2.59. The van der Waals surface area contributed by atoms with Crippen LogP contribution in [0, 0.1) is 6.92 Å². The molecule has 0 saturated carbocycles. The lowest BCUT2D eigenvalue weighted by molar-refractivity contribution is -0.136. The Bertz CT molecular complexity index is 610. The summed E-state index contributed by atoms with van der Waals surface area (Å²) in [7, 11) is 1.42. The van der Waals surface area contributed by atoms with Crippen molar-refractivity contribution in [3.63, 3.8) is 0 Å². The van der Waals surface area contributed by atoms with E-state index in [9.17, 15) is 18.0 Å². The molecule has 7 heteroatoms. The molecule has 0 bridgehead atoms. The van der Waals surface area contributed by atoms with Gasteiger partial charge in [0.05, 0.1) is 10.9 Å². The molecule has 18 heavy (non-hydrogen) atoms. The lowest BCUT2D eigenvalue weighted by Gasteiger charge is -2.02. The molecule has 0 atom stereocenters. The third kappa shape index (κ3) is 2.39. The molecule has 2 heterocycles. The maximum atomic E-state index is 12.6. The third-order valence-corrected chi connectivity index (χ3v) is 2.25. The van der Waals surface area contributed by atoms with Gasteiger partial charge < -0.3 is 9.55 Å². The van der Waals surface area contributed by atoms with Gasteiger partial charge in [0.25, 0.3) is 5.56 Å². The van der Waals surface area contributed by atoms with E-state index in [-0.39, 0.29) is 11.5 Å². The number of aromatic nitrogens is 3. The fourth-order valence-corrected chi connectivity index (χ4v) is 1.60. The van der Waals surface area contributed by atoms with Crippen LogP contribution in [0.4, 0.5) is 13.2 Å². The predicted molar refractivity (Wildman–Crippen MR) is 62.4 cm³/mol. The fraction of sp³-hybridized carbons (Fsp3) is 0.455. The summed E-state index contributed by atoms with van der Waals surface area (Å²) in [4.78, 5) is 17.6. The van der Waals surface area contributed by atoms with Crippen LogP contribution in [0.15, 0.2) is 11.0 Å². The Morgan fingerprint density at radius 1 is 1.33 bits per heavy atom. The van der Waals surface area contributed by atoms with Gasteiger partial charge in [-0.1, -0.05) is 13.8 Å². The van der Waals surface area contributed by atoms with E-state index in [4.69, 9.17) is 0 Å². The highest BCUT2D eigenvalue weighted by Crippen LogP contribution is 2.33. The Balaban J connectivity index is 0.000000771. The van der Waals surface area contributed by atoms with E-state index in [1.807, 2.05) is 13.8 Å². The molecule has 0 fully saturated rings. The van der Waals surface area contributed by atoms with E-state index in [0.29, 0.717) is 0 Å². The van der Waals surface area contributed by atoms with Crippen LogP contribution in [0.2, 0.25) is 0 Å². The van der Waals surface area contributed by atoms with Crippen molar-refractivity contribution >= 4 is 11.0 Å². The number of aromatic amines is 1. The Labute approximate surface area is 101 Å². The van der Waals surface area contributed by atoms with Crippen molar-refractivity contribution < 1.29 is 13.2 Å². The second-order valence-corrected chi connectivity index (χ2v) is 3.50. The molecule has 2 rings (SSSR count). The number of halogens is 3. The monoisotopic (exact) mass is 261 g/mol. The van der Waals surface area contributed by atoms with Crippen molar-refractivity contribution in [2.24, 2.45) is 7.05 Å². The van der Waals surface area contributed by atoms with Gasteiger partial charge in [-0.05, 0) is 6.92 Å². The zero-order chi connectivity index (χ0) is 14.1. The van der Waals surface area contributed by atoms with Crippen LogP contribution < -0.4 is 5.56 Å². The molecule has 2 aromatic heterocycles. The van der Waals surface area contributed by atoms with Gasteiger partial charge in [-0.15, -0.1) is 0 Å². The summed E-state index contributed by atoms with van der Waals surface area (Å²) >= 11 is 0. The second-order valence-electron chi connectivity index (χ2n) is 3.50. The summed E-state index contributed by atoms with van der Waals surface area (Å²) in [6, 6.07) is 0. The Morgan fingerprint density at radius 2 is 1.89 bits per heavy atom. The van der Waals surface area contributed by atoms with Gasteiger partial charge in [0, 0.05) is 13.2 Å². The Morgan fingerprint density at radius 3 is 2.39 bits per heavy atom. The SMILES string of the molecule is CC.Cc1nc2c(c(C(F)(F)F)cn2C)c(=O)[nH]1. The zero-order valence-electron chi connectivity index (χ0n) is 10.5. The van der Waals surface area contributed by atoms with Crippen molar-refractivity contribution in [1.82, 2.24) is 14.5 Å². The van der Waals surface area contributed by atoms with Gasteiger partial charge in [-0.2, -0.15) is 13.2 Å². The number of nitrogens with zero attached hydrogens (tertiary/aromatic N) is 2. The highest BCUT2D eigenvalue weighted by molar-refractivity contribution is 5.80. The van der Waals surface area contributed by atoms with Crippen LogP contribution in [0.1, 0.15) is 25.2 Å². The maximum absolute atomic E-state index is 12.6. The van der Waals surface area contributed by atoms with E-state index in [1.54, 1.807) is 0 Å². The number of fused-ring (bicyclic) bond motifs is 1. The number of hydrogen-bond acceptors (Lipinski definition) is 2. The Hall–Kier alpha value is -1.79. The van der Waals surface area contributed by atoms with Crippen molar-refractivity contribution in [2.75, 3.05) is 0 Å². The Kier molecular flexibility index (Phi) is 3.83. The van der Waals surface area contributed by atoms with E-state index in [1.165, 1.54) is 18.5 Å². The van der Waals surface area contributed by atoms with Gasteiger partial charge in [0.1, 0.15) is 11.5 Å². The molecule has 0 aliphatic carbocycles. The smallest absolute Gasteiger partial charge is 0.335 e. The molecule has 0 saturated heterocycles. The molecular weight excluding hydrogens is 247 g/mol. The molecule has 0 aromatic carbocycles. The molecule has 4 nitrogen and oxygen atoms in total. The largest absolute Gasteiger partial charge is 0.418 e. The fourth-order valence-electron chi connectivity index (χ4n) is 1.60. The lowest BCUT2D eigenvalue weighted by Crippen LogP contribution is -2.14. The number of aryl methyl sites for hydroxylation is 2. The molecular formula is C11H14F3N3O. The number of H-pyrrole nitrogens is 1. The van der Waals surface area contributed by atoms with Crippen molar-refractivity contribution in [3.8, 4) is 0 Å². The zero-order valence-corrected chi connectivity index (χ0v) is 10.5. The molecule has 0 radical (unpaired) electrons. The highest BCUT2D eigenvalue weighted by atomic mass is 19.4. The first-order chi connectivity index (χ1) is 8.30. The van der Waals surface area contributed by atoms with E-state index in [0.717, 1.165) is 6.20 Å². The maximum Gasteiger partial charge on any atom is 0.418 e. The normalized spacial score (nSPS) is 11.3. The van der Waals surface area contributed by atoms with Gasteiger partial charge in [0.2, 0.25) is 0 Å². The van der Waals surface area contributed by atoms with Crippen LogP contribution in [-0.4, -0.2) is 14.5 Å². The number of nitrogens with one attached hydrogen (secondary N) is 1. The first-order valence-electron chi connectivity index (χ1n) is 5.44. The molecule has 0 amide bonds. The first-order valence-corrected chi connectivity index (χ1v) is 5.44. The minimum absolute atomic E-state index is 0.0357. The van der Waals surface area contributed by atoms with Crippen LogP contribution in [-0.2, 0) is 13.2 Å². The van der Waals surface area contributed by atoms with Crippen LogP contribution in [0.3, 0.4) is 0 Å². The quantitative estimate of drug-likeness (QED) is 0.792. The van der Waals surface area contributed by atoms with Gasteiger partial charge >= 0.3 is 6.18 Å². The van der Waals surface area contributed by atoms with Crippen LogP contribution >= 0.6 is 0 Å². The molecule has 0 spiro atoms.